The first-order valence-electron chi connectivity index (χ1n) is 24.3. The highest BCUT2D eigenvalue weighted by atomic mass is 15.2. The van der Waals surface area contributed by atoms with Gasteiger partial charge < -0.3 is 19.6 Å². The van der Waals surface area contributed by atoms with E-state index in [9.17, 15) is 0 Å². The third-order valence-corrected chi connectivity index (χ3v) is 15.1. The van der Waals surface area contributed by atoms with Gasteiger partial charge in [-0.3, -0.25) is 0 Å². The number of hydrogen-bond acceptors (Lipinski definition) is 4. The maximum atomic E-state index is 2.75. The molecular weight excluding hydrogens is 729 g/mol. The summed E-state index contributed by atoms with van der Waals surface area (Å²) in [5.41, 5.74) is 14.9. The quantitative estimate of drug-likeness (QED) is 0.182. The van der Waals surface area contributed by atoms with Crippen molar-refractivity contribution in [2.75, 3.05) is 0 Å². The predicted molar refractivity (Wildman–Crippen MR) is 253 cm³/mol. The fourth-order valence-corrected chi connectivity index (χ4v) is 12.2. The van der Waals surface area contributed by atoms with Crippen LogP contribution in [0.4, 0.5) is 0 Å². The van der Waals surface area contributed by atoms with Gasteiger partial charge in [-0.2, -0.15) is 0 Å². The van der Waals surface area contributed by atoms with E-state index in [1.165, 1.54) is 103 Å². The third-order valence-electron chi connectivity index (χ3n) is 15.1. The van der Waals surface area contributed by atoms with Crippen LogP contribution in [0, 0.1) is 11.8 Å². The summed E-state index contributed by atoms with van der Waals surface area (Å²) in [4.78, 5) is 10.9. The average Bonchev–Trinajstić information content (AvgIpc) is 3.91. The number of nitrogens with zero attached hydrogens (tertiary/aromatic N) is 4. The minimum Gasteiger partial charge on any atom is -0.361 e. The molecule has 6 aliphatic carbocycles. The largest absolute Gasteiger partial charge is 0.361 e. The third kappa shape index (κ3) is 7.71. The lowest BCUT2D eigenvalue weighted by atomic mass is 9.83. The highest BCUT2D eigenvalue weighted by Crippen LogP contribution is 2.48. The van der Waals surface area contributed by atoms with E-state index in [4.69, 9.17) is 0 Å². The van der Waals surface area contributed by atoms with Crippen molar-refractivity contribution in [1.82, 2.24) is 19.6 Å². The molecule has 7 atom stereocenters. The molecule has 1 fully saturated rings. The Morgan fingerprint density at radius 1 is 0.800 bits per heavy atom. The minimum absolute atomic E-state index is 0.279. The molecule has 9 rings (SSSR count). The van der Waals surface area contributed by atoms with Crippen LogP contribution in [0.2, 0.25) is 0 Å². The summed E-state index contributed by atoms with van der Waals surface area (Å²) >= 11 is 0. The normalized spacial score (nSPS) is 32.4. The molecule has 3 aliphatic heterocycles. The lowest BCUT2D eigenvalue weighted by Gasteiger charge is -2.41. The standard InChI is InChI=1S/C56H72N4/c1-6-9-19-49-39-42-18-12-15-24-54(42)59(49)47-35-31-45(32-36-47)58(44-29-27-43(28-30-44)57-40(4)50(20-10-7-2)51(41(57)5)21-11-8-3)46-33-37-48(38-34-46)60-55-25-16-13-22-52(55)53-23-14-17-26-56(53)60/h10,13,15-17,19-21,24,26-27,29-31,33,35,37-38,41-43,46,52,54-55H,6-9,11-12,14,18,22-23,25,28,32,34,36,39H2,1-5H3/b20-10-,49-19+,51-21+. The molecule has 60 heavy (non-hydrogen) atoms. The van der Waals surface area contributed by atoms with Gasteiger partial charge in [-0.05, 0) is 157 Å². The summed E-state index contributed by atoms with van der Waals surface area (Å²) in [7, 11) is 0. The molecule has 0 N–H and O–H groups in total. The van der Waals surface area contributed by atoms with Crippen LogP contribution in [-0.4, -0.2) is 49.8 Å². The van der Waals surface area contributed by atoms with Crippen LogP contribution in [0.3, 0.4) is 0 Å². The van der Waals surface area contributed by atoms with E-state index in [1.807, 2.05) is 0 Å². The molecule has 0 bridgehead atoms. The Kier molecular flexibility index (Phi) is 12.5. The van der Waals surface area contributed by atoms with Gasteiger partial charge in [0.1, 0.15) is 0 Å². The van der Waals surface area contributed by atoms with Gasteiger partial charge in [-0.15, -0.1) is 0 Å². The van der Waals surface area contributed by atoms with Gasteiger partial charge in [0.2, 0.25) is 0 Å². The summed E-state index contributed by atoms with van der Waals surface area (Å²) in [6.45, 7) is 11.6. The molecule has 0 aromatic carbocycles. The van der Waals surface area contributed by atoms with Gasteiger partial charge >= 0.3 is 0 Å². The summed E-state index contributed by atoms with van der Waals surface area (Å²) in [6, 6.07) is 2.08. The second kappa shape index (κ2) is 18.3. The number of allylic oxidation sites excluding steroid dienone is 16. The first kappa shape index (κ1) is 40.9. The van der Waals surface area contributed by atoms with E-state index in [2.05, 4.69) is 164 Å². The number of fused-ring (bicyclic) bond motifs is 3. The van der Waals surface area contributed by atoms with Crippen molar-refractivity contribution < 1.29 is 0 Å². The van der Waals surface area contributed by atoms with E-state index in [0.29, 0.717) is 30.1 Å². The molecule has 0 radical (unpaired) electrons. The van der Waals surface area contributed by atoms with Crippen LogP contribution in [0.5, 0.6) is 0 Å². The van der Waals surface area contributed by atoms with Crippen LogP contribution in [0.15, 0.2) is 166 Å². The molecule has 4 heteroatoms. The fourth-order valence-electron chi connectivity index (χ4n) is 12.2. The van der Waals surface area contributed by atoms with Crippen molar-refractivity contribution in [1.29, 1.82) is 0 Å². The molecule has 3 heterocycles. The van der Waals surface area contributed by atoms with E-state index < -0.39 is 0 Å². The lowest BCUT2D eigenvalue weighted by Crippen LogP contribution is -2.39. The molecule has 4 nitrogen and oxygen atoms in total. The zero-order chi connectivity index (χ0) is 41.2. The zero-order valence-electron chi connectivity index (χ0n) is 37.5. The molecule has 9 aliphatic rings. The van der Waals surface area contributed by atoms with Crippen molar-refractivity contribution in [3.8, 4) is 0 Å². The molecule has 0 aromatic heterocycles. The Labute approximate surface area is 363 Å². The minimum atomic E-state index is 0.279. The number of unbranched alkanes of at least 4 members (excludes halogenated alkanes) is 2. The van der Waals surface area contributed by atoms with Gasteiger partial charge in [0.15, 0.2) is 0 Å². The van der Waals surface area contributed by atoms with Gasteiger partial charge in [-0.1, -0.05) is 113 Å². The van der Waals surface area contributed by atoms with Crippen LogP contribution in [0.25, 0.3) is 0 Å². The van der Waals surface area contributed by atoms with Gasteiger partial charge in [0.25, 0.3) is 0 Å². The van der Waals surface area contributed by atoms with Crippen LogP contribution >= 0.6 is 0 Å². The summed E-state index contributed by atoms with van der Waals surface area (Å²) in [5, 5.41) is 0. The average molecular weight is 801 g/mol. The van der Waals surface area contributed by atoms with Crippen LogP contribution < -0.4 is 0 Å². The zero-order valence-corrected chi connectivity index (χ0v) is 37.5. The monoisotopic (exact) mass is 801 g/mol. The topological polar surface area (TPSA) is 13.0 Å². The second-order valence-corrected chi connectivity index (χ2v) is 18.8. The lowest BCUT2D eigenvalue weighted by molar-refractivity contribution is 0.263. The molecule has 0 spiro atoms. The van der Waals surface area contributed by atoms with Gasteiger partial charge in [-0.25, -0.2) is 0 Å². The predicted octanol–water partition coefficient (Wildman–Crippen LogP) is 13.9. The van der Waals surface area contributed by atoms with Crippen molar-refractivity contribution in [2.24, 2.45) is 11.8 Å². The number of hydrogen-bond donors (Lipinski definition) is 0. The first-order valence-corrected chi connectivity index (χ1v) is 24.3. The maximum Gasteiger partial charge on any atom is 0.0558 e. The van der Waals surface area contributed by atoms with E-state index in [0.717, 1.165) is 50.9 Å². The van der Waals surface area contributed by atoms with Gasteiger partial charge in [0.05, 0.1) is 24.2 Å². The first-order chi connectivity index (χ1) is 29.5. The molecule has 7 unspecified atom stereocenters. The maximum absolute atomic E-state index is 2.75. The fraction of sp³-hybridized carbons (Fsp3) is 0.500. The van der Waals surface area contributed by atoms with E-state index in [1.54, 1.807) is 11.3 Å². The second-order valence-electron chi connectivity index (χ2n) is 18.8. The SMILES string of the molecule is CC/C=C\C1=C(C)N(C2C=CC(N(C3=CC=C(N4/C(=C/CCC)CC5CCC=CC54)CC3)C3C=CC(N4C5=C(CCC=C5)C5CC=CCC54)=CC3)=CC2)C(C)/C1=C\CCC. The molecule has 0 amide bonds. The Morgan fingerprint density at radius 3 is 2.43 bits per heavy atom. The highest BCUT2D eigenvalue weighted by Gasteiger charge is 2.42. The smallest absolute Gasteiger partial charge is 0.0558 e. The van der Waals surface area contributed by atoms with Crippen LogP contribution in [-0.2, 0) is 0 Å². The van der Waals surface area contributed by atoms with Crippen LogP contribution in [0.1, 0.15) is 137 Å². The van der Waals surface area contributed by atoms with E-state index in [-0.39, 0.29) is 6.04 Å². The Bertz CT molecular complexity index is 2100. The van der Waals surface area contributed by atoms with Gasteiger partial charge in [0, 0.05) is 51.8 Å². The Hall–Kier alpha value is -4.44. The van der Waals surface area contributed by atoms with E-state index >= 15 is 0 Å². The number of likely N-dealkylation sites (tertiary alicyclic amines) is 1. The summed E-state index contributed by atoms with van der Waals surface area (Å²) in [6.07, 6.45) is 63.1. The summed E-state index contributed by atoms with van der Waals surface area (Å²) in [5.74, 6) is 1.42. The van der Waals surface area contributed by atoms with Crippen molar-refractivity contribution >= 4 is 0 Å². The Morgan fingerprint density at radius 2 is 1.67 bits per heavy atom. The molecular formula is C56H72N4. The number of rotatable bonds is 12. The Balaban J connectivity index is 1.01. The molecule has 1 saturated heterocycles. The molecule has 316 valence electrons. The molecule has 0 saturated carbocycles. The highest BCUT2D eigenvalue weighted by molar-refractivity contribution is 5.52. The van der Waals surface area contributed by atoms with Crippen molar-refractivity contribution in [2.45, 2.75) is 168 Å². The summed E-state index contributed by atoms with van der Waals surface area (Å²) < 4.78 is 0. The molecule has 0 aromatic rings. The van der Waals surface area contributed by atoms with Crippen molar-refractivity contribution in [3.05, 3.63) is 166 Å². The van der Waals surface area contributed by atoms with Crippen molar-refractivity contribution in [3.63, 3.8) is 0 Å².